The Morgan fingerprint density at radius 2 is 2.10 bits per heavy atom. The fourth-order valence-electron chi connectivity index (χ4n) is 1.29. The van der Waals surface area contributed by atoms with E-state index in [0.717, 1.165) is 13.1 Å². The minimum absolute atomic E-state index is 0.0569. The Morgan fingerprint density at radius 3 is 2.57 bits per heavy atom. The summed E-state index contributed by atoms with van der Waals surface area (Å²) >= 11 is 0. The molecular formula is C12H12F3N3O3. The van der Waals surface area contributed by atoms with Crippen molar-refractivity contribution in [3.63, 3.8) is 0 Å². The van der Waals surface area contributed by atoms with Gasteiger partial charge >= 0.3 is 18.2 Å². The molecule has 1 rings (SSSR count). The third-order valence-electron chi connectivity index (χ3n) is 2.20. The number of carboxylic acid groups (broad SMARTS) is 1. The van der Waals surface area contributed by atoms with Gasteiger partial charge in [0.05, 0.1) is 0 Å². The quantitative estimate of drug-likeness (QED) is 0.835. The van der Waals surface area contributed by atoms with Gasteiger partial charge < -0.3 is 10.0 Å². The summed E-state index contributed by atoms with van der Waals surface area (Å²) in [6.07, 6.45) is -1.01. The van der Waals surface area contributed by atoms with Crippen LogP contribution in [0.1, 0.15) is 5.56 Å². The predicted molar refractivity (Wildman–Crippen MR) is 68.6 cm³/mol. The summed E-state index contributed by atoms with van der Waals surface area (Å²) in [4.78, 5) is 26.0. The molecule has 1 heterocycles. The number of urea groups is 1. The fraction of sp³-hybridized carbons (Fsp3) is 0.250. The Bertz CT molecular complexity index is 541. The van der Waals surface area contributed by atoms with E-state index < -0.39 is 24.7 Å². The van der Waals surface area contributed by atoms with Crippen molar-refractivity contribution in [3.05, 3.63) is 30.0 Å². The molecule has 1 aromatic heterocycles. The normalized spacial score (nSPS) is 11.4. The fourth-order valence-corrected chi connectivity index (χ4v) is 1.29. The summed E-state index contributed by atoms with van der Waals surface area (Å²) < 4.78 is 36.3. The molecule has 0 bridgehead atoms. The summed E-state index contributed by atoms with van der Waals surface area (Å²) in [6.45, 7) is -1.38. The summed E-state index contributed by atoms with van der Waals surface area (Å²) in [5.74, 6) is -1.07. The molecule has 21 heavy (non-hydrogen) atoms. The van der Waals surface area contributed by atoms with E-state index >= 15 is 0 Å². The van der Waals surface area contributed by atoms with Crippen molar-refractivity contribution in [2.75, 3.05) is 18.9 Å². The maximum absolute atomic E-state index is 12.1. The van der Waals surface area contributed by atoms with E-state index in [1.807, 2.05) is 0 Å². The van der Waals surface area contributed by atoms with Crippen molar-refractivity contribution in [1.29, 1.82) is 0 Å². The first-order chi connectivity index (χ1) is 9.67. The maximum Gasteiger partial charge on any atom is 0.406 e. The number of aliphatic carboxylic acids is 1. The zero-order valence-electron chi connectivity index (χ0n) is 10.9. The SMILES string of the molecule is CN(CC(F)(F)F)C(=O)Nc1ccc(/C=C/C(=O)O)cn1. The number of hydrogen-bond acceptors (Lipinski definition) is 3. The first kappa shape index (κ1) is 16.5. The van der Waals surface area contributed by atoms with Crippen LogP contribution < -0.4 is 5.32 Å². The number of nitrogens with zero attached hydrogens (tertiary/aromatic N) is 2. The molecule has 0 atom stereocenters. The Labute approximate surface area is 117 Å². The van der Waals surface area contributed by atoms with Gasteiger partial charge in [-0.15, -0.1) is 0 Å². The van der Waals surface area contributed by atoms with Crippen molar-refractivity contribution >= 4 is 23.9 Å². The maximum atomic E-state index is 12.1. The smallest absolute Gasteiger partial charge is 0.406 e. The van der Waals surface area contributed by atoms with Crippen LogP contribution in [0.5, 0.6) is 0 Å². The number of halogens is 3. The predicted octanol–water partition coefficient (Wildman–Crippen LogP) is 2.21. The van der Waals surface area contributed by atoms with Gasteiger partial charge in [-0.25, -0.2) is 14.6 Å². The molecule has 0 aliphatic carbocycles. The number of aromatic nitrogens is 1. The lowest BCUT2D eigenvalue weighted by Crippen LogP contribution is -2.38. The molecule has 0 unspecified atom stereocenters. The Balaban J connectivity index is 2.63. The number of nitrogens with one attached hydrogen (secondary N) is 1. The van der Waals surface area contributed by atoms with Crippen molar-refractivity contribution in [3.8, 4) is 0 Å². The first-order valence-corrected chi connectivity index (χ1v) is 5.63. The summed E-state index contributed by atoms with van der Waals surface area (Å²) in [6, 6.07) is 1.86. The molecule has 0 aromatic carbocycles. The summed E-state index contributed by atoms with van der Waals surface area (Å²) in [5, 5.41) is 10.6. The lowest BCUT2D eigenvalue weighted by atomic mass is 10.2. The number of pyridine rings is 1. The zero-order chi connectivity index (χ0) is 16.0. The minimum atomic E-state index is -4.48. The van der Waals surface area contributed by atoms with Crippen LogP contribution in [-0.4, -0.2) is 46.8 Å². The van der Waals surface area contributed by atoms with Crippen LogP contribution in [0.25, 0.3) is 6.08 Å². The summed E-state index contributed by atoms with van der Waals surface area (Å²) in [5.41, 5.74) is 0.471. The van der Waals surface area contributed by atoms with Crippen LogP contribution in [0.4, 0.5) is 23.8 Å². The molecule has 2 N–H and O–H groups in total. The van der Waals surface area contributed by atoms with Crippen molar-refractivity contribution < 1.29 is 27.9 Å². The molecule has 0 aliphatic rings. The van der Waals surface area contributed by atoms with Gasteiger partial charge in [0.1, 0.15) is 12.4 Å². The van der Waals surface area contributed by atoms with Gasteiger partial charge in [-0.05, 0) is 23.8 Å². The van der Waals surface area contributed by atoms with Crippen LogP contribution in [0.2, 0.25) is 0 Å². The Morgan fingerprint density at radius 1 is 1.43 bits per heavy atom. The number of anilines is 1. The Kier molecular flexibility index (Phi) is 5.28. The molecule has 0 fully saturated rings. The molecule has 9 heteroatoms. The second-order valence-electron chi connectivity index (χ2n) is 4.05. The highest BCUT2D eigenvalue weighted by atomic mass is 19.4. The van der Waals surface area contributed by atoms with Crippen molar-refractivity contribution in [2.24, 2.45) is 0 Å². The number of carboxylic acids is 1. The van der Waals surface area contributed by atoms with E-state index in [2.05, 4.69) is 10.3 Å². The van der Waals surface area contributed by atoms with Gasteiger partial charge in [0.15, 0.2) is 0 Å². The molecule has 0 saturated carbocycles. The van der Waals surface area contributed by atoms with Crippen LogP contribution >= 0.6 is 0 Å². The molecule has 1 aromatic rings. The van der Waals surface area contributed by atoms with Gasteiger partial charge in [-0.2, -0.15) is 13.2 Å². The van der Waals surface area contributed by atoms with Crippen molar-refractivity contribution in [2.45, 2.75) is 6.18 Å². The highest BCUT2D eigenvalue weighted by Crippen LogP contribution is 2.16. The molecule has 0 spiro atoms. The number of hydrogen-bond donors (Lipinski definition) is 2. The topological polar surface area (TPSA) is 82.5 Å². The summed E-state index contributed by atoms with van der Waals surface area (Å²) in [7, 11) is 1.01. The molecule has 2 amide bonds. The van der Waals surface area contributed by atoms with Gasteiger partial charge in [0.2, 0.25) is 0 Å². The minimum Gasteiger partial charge on any atom is -0.478 e. The third kappa shape index (κ3) is 6.41. The second kappa shape index (κ2) is 6.73. The van der Waals surface area contributed by atoms with Crippen LogP contribution in [0, 0.1) is 0 Å². The zero-order valence-corrected chi connectivity index (χ0v) is 10.9. The van der Waals surface area contributed by atoms with E-state index in [4.69, 9.17) is 5.11 Å². The van der Waals surface area contributed by atoms with E-state index in [-0.39, 0.29) is 5.82 Å². The highest BCUT2D eigenvalue weighted by molar-refractivity contribution is 5.88. The first-order valence-electron chi connectivity index (χ1n) is 5.63. The van der Waals surface area contributed by atoms with Gasteiger partial charge in [-0.1, -0.05) is 0 Å². The van der Waals surface area contributed by atoms with E-state index in [9.17, 15) is 22.8 Å². The van der Waals surface area contributed by atoms with Gasteiger partial charge in [-0.3, -0.25) is 5.32 Å². The molecule has 6 nitrogen and oxygen atoms in total. The Hall–Kier alpha value is -2.58. The standard InChI is InChI=1S/C12H12F3N3O3/c1-18(7-12(13,14)15)11(21)17-9-4-2-8(6-16-9)3-5-10(19)20/h2-6H,7H2,1H3,(H,19,20)(H,16,17,21)/b5-3+. The third-order valence-corrected chi connectivity index (χ3v) is 2.20. The molecule has 0 aliphatic heterocycles. The number of amides is 2. The lowest BCUT2D eigenvalue weighted by Gasteiger charge is -2.19. The van der Waals surface area contributed by atoms with Gasteiger partial charge in [0.25, 0.3) is 0 Å². The lowest BCUT2D eigenvalue weighted by molar-refractivity contribution is -0.137. The van der Waals surface area contributed by atoms with E-state index in [0.29, 0.717) is 10.5 Å². The number of rotatable bonds is 4. The number of carbonyl (C=O) groups is 2. The van der Waals surface area contributed by atoms with Crippen LogP contribution in [0.3, 0.4) is 0 Å². The molecule has 0 radical (unpaired) electrons. The molecular weight excluding hydrogens is 291 g/mol. The average molecular weight is 303 g/mol. The van der Waals surface area contributed by atoms with E-state index in [1.54, 1.807) is 0 Å². The molecule has 0 saturated heterocycles. The average Bonchev–Trinajstić information content (AvgIpc) is 2.35. The van der Waals surface area contributed by atoms with Crippen molar-refractivity contribution in [1.82, 2.24) is 9.88 Å². The van der Waals surface area contributed by atoms with Crippen LogP contribution in [0.15, 0.2) is 24.4 Å². The van der Waals surface area contributed by atoms with Gasteiger partial charge in [0, 0.05) is 19.3 Å². The monoisotopic (exact) mass is 303 g/mol. The highest BCUT2D eigenvalue weighted by Gasteiger charge is 2.31. The van der Waals surface area contributed by atoms with Crippen LogP contribution in [-0.2, 0) is 4.79 Å². The molecule has 114 valence electrons. The number of carbonyl (C=O) groups excluding carboxylic acids is 1. The number of alkyl halides is 3. The largest absolute Gasteiger partial charge is 0.478 e. The second-order valence-corrected chi connectivity index (χ2v) is 4.05. The van der Waals surface area contributed by atoms with E-state index in [1.165, 1.54) is 24.4 Å².